The summed E-state index contributed by atoms with van der Waals surface area (Å²) in [6.45, 7) is 0. The first kappa shape index (κ1) is 38.8. The van der Waals surface area contributed by atoms with E-state index >= 15 is 0 Å². The molecule has 0 fully saturated rings. The number of hydrogen-bond donors (Lipinski definition) is 0. The zero-order valence-electron chi connectivity index (χ0n) is 37.3. The Morgan fingerprint density at radius 1 is 0.217 bits per heavy atom. The predicted octanol–water partition coefficient (Wildman–Crippen LogP) is 15.8. The second-order valence-corrected chi connectivity index (χ2v) is 17.6. The van der Waals surface area contributed by atoms with Gasteiger partial charge in [-0.05, 0) is 71.8 Å². The molecule has 6 heteroatoms. The van der Waals surface area contributed by atoms with Crippen LogP contribution in [0.3, 0.4) is 0 Å². The van der Waals surface area contributed by atoms with Crippen molar-refractivity contribution >= 4 is 65.4 Å². The fourth-order valence-electron chi connectivity index (χ4n) is 10.6. The summed E-state index contributed by atoms with van der Waals surface area (Å²) >= 11 is 0. The molecule has 14 rings (SSSR count). The van der Waals surface area contributed by atoms with Crippen LogP contribution in [0.5, 0.6) is 0 Å². The van der Waals surface area contributed by atoms with Gasteiger partial charge >= 0.3 is 0 Å². The predicted molar refractivity (Wildman–Crippen MR) is 285 cm³/mol. The summed E-state index contributed by atoms with van der Waals surface area (Å²) in [5, 5.41) is 7.29. The summed E-state index contributed by atoms with van der Waals surface area (Å²) in [7, 11) is 0. The summed E-state index contributed by atoms with van der Waals surface area (Å²) in [6.07, 6.45) is 0. The molecule has 6 nitrogen and oxygen atoms in total. The lowest BCUT2D eigenvalue weighted by Crippen LogP contribution is -2.04. The minimum Gasteiger partial charge on any atom is -0.309 e. The van der Waals surface area contributed by atoms with Crippen LogP contribution in [-0.4, -0.2) is 28.7 Å². The third-order valence-corrected chi connectivity index (χ3v) is 13.7. The van der Waals surface area contributed by atoms with Crippen molar-refractivity contribution in [3.05, 3.63) is 243 Å². The molecule has 0 aliphatic heterocycles. The molecule has 0 aliphatic rings. The highest BCUT2D eigenvalue weighted by Gasteiger charge is 2.22. The van der Waals surface area contributed by atoms with Gasteiger partial charge in [-0.1, -0.05) is 182 Å². The Bertz CT molecular complexity index is 4150. The maximum Gasteiger partial charge on any atom is 0.164 e. The maximum atomic E-state index is 5.10. The molecule has 0 saturated heterocycles. The lowest BCUT2D eigenvalue weighted by Gasteiger charge is -2.19. The molecule has 0 N–H and O–H groups in total. The van der Waals surface area contributed by atoms with E-state index in [1.165, 1.54) is 43.4 Å². The van der Waals surface area contributed by atoms with E-state index in [1.807, 2.05) is 60.7 Å². The normalized spacial score (nSPS) is 11.8. The van der Waals surface area contributed by atoms with E-state index in [2.05, 4.69) is 196 Å². The molecule has 0 saturated carbocycles. The van der Waals surface area contributed by atoms with Gasteiger partial charge in [0, 0.05) is 54.7 Å². The SMILES string of the molecule is c1ccc(-c2nc(-c3ccccc3)nc(-c3cccc(-c4ccc(-n5c6ccccc6c6ccccc65)c(-n5c6ccccc6c6ccc(-n7c8ccccc8c8ccccc87)cc65)c4)c3)n2)cc1. The third kappa shape index (κ3) is 6.23. The zero-order valence-corrected chi connectivity index (χ0v) is 37.3. The molecule has 14 aromatic rings. The van der Waals surface area contributed by atoms with E-state index < -0.39 is 0 Å². The fraction of sp³-hybridized carbons (Fsp3) is 0. The van der Waals surface area contributed by atoms with Crippen LogP contribution < -0.4 is 0 Å². The monoisotopic (exact) mass is 880 g/mol. The van der Waals surface area contributed by atoms with Crippen LogP contribution in [0, 0.1) is 0 Å². The molecule has 0 atom stereocenters. The van der Waals surface area contributed by atoms with E-state index in [4.69, 9.17) is 15.0 Å². The lowest BCUT2D eigenvalue weighted by atomic mass is 10.0. The van der Waals surface area contributed by atoms with Crippen LogP contribution in [-0.2, 0) is 0 Å². The minimum atomic E-state index is 0.617. The number of rotatable bonds is 7. The molecular weight excluding hydrogens is 841 g/mol. The standard InChI is InChI=1S/C63H40N6/c1-3-18-41(19-4-1)61-64-62(42-20-5-2-6-21-42)66-63(65-61)45-23-17-22-43(38-45)44-34-37-58(68-55-31-14-9-26-49(55)50-27-10-15-32-56(50)68)60(39-44)69-57-33-16-11-28-51(57)52-36-35-46(40-59(52)69)67-53-29-12-7-24-47(53)48-25-8-13-30-54(48)67/h1-40H. The van der Waals surface area contributed by atoms with Gasteiger partial charge in [-0.15, -0.1) is 0 Å². The quantitative estimate of drug-likeness (QED) is 0.160. The zero-order chi connectivity index (χ0) is 45.4. The van der Waals surface area contributed by atoms with Gasteiger partial charge in [0.1, 0.15) is 0 Å². The molecule has 0 unspecified atom stereocenters. The average molecular weight is 881 g/mol. The Balaban J connectivity index is 1.03. The van der Waals surface area contributed by atoms with E-state index in [1.54, 1.807) is 0 Å². The molecule has 0 spiro atoms. The maximum absolute atomic E-state index is 5.10. The first-order valence-corrected chi connectivity index (χ1v) is 23.4. The highest BCUT2D eigenvalue weighted by atomic mass is 15.1. The van der Waals surface area contributed by atoms with Gasteiger partial charge < -0.3 is 13.7 Å². The van der Waals surface area contributed by atoms with Crippen molar-refractivity contribution in [3.8, 4) is 62.4 Å². The molecule has 10 aromatic carbocycles. The van der Waals surface area contributed by atoms with Crippen molar-refractivity contribution in [1.82, 2.24) is 28.7 Å². The first-order valence-electron chi connectivity index (χ1n) is 23.4. The number of hydrogen-bond acceptors (Lipinski definition) is 3. The van der Waals surface area contributed by atoms with Gasteiger partial charge in [-0.3, -0.25) is 0 Å². The van der Waals surface area contributed by atoms with Gasteiger partial charge in [-0.25, -0.2) is 15.0 Å². The van der Waals surface area contributed by atoms with E-state index in [9.17, 15) is 0 Å². The topological polar surface area (TPSA) is 53.5 Å². The van der Waals surface area contributed by atoms with Gasteiger partial charge in [0.05, 0.1) is 44.5 Å². The molecule has 4 heterocycles. The minimum absolute atomic E-state index is 0.617. The average Bonchev–Trinajstić information content (AvgIpc) is 4.06. The number of para-hydroxylation sites is 5. The Morgan fingerprint density at radius 3 is 1.10 bits per heavy atom. The van der Waals surface area contributed by atoms with Crippen LogP contribution in [0.15, 0.2) is 243 Å². The van der Waals surface area contributed by atoms with Crippen molar-refractivity contribution in [2.24, 2.45) is 0 Å². The van der Waals surface area contributed by atoms with Gasteiger partial charge in [-0.2, -0.15) is 0 Å². The van der Waals surface area contributed by atoms with Crippen LogP contribution in [0.25, 0.3) is 128 Å². The van der Waals surface area contributed by atoms with Crippen molar-refractivity contribution in [3.63, 3.8) is 0 Å². The lowest BCUT2D eigenvalue weighted by molar-refractivity contribution is 1.07. The van der Waals surface area contributed by atoms with E-state index in [0.717, 1.165) is 66.9 Å². The second kappa shape index (κ2) is 15.6. The summed E-state index contributed by atoms with van der Waals surface area (Å²) in [4.78, 5) is 15.2. The Hall–Kier alpha value is -9.39. The smallest absolute Gasteiger partial charge is 0.164 e. The Labute approximate surface area is 397 Å². The second-order valence-electron chi connectivity index (χ2n) is 17.6. The number of aromatic nitrogens is 6. The highest BCUT2D eigenvalue weighted by Crippen LogP contribution is 2.42. The Kier molecular flexibility index (Phi) is 8.79. The molecule has 0 aliphatic carbocycles. The van der Waals surface area contributed by atoms with E-state index in [0.29, 0.717) is 17.5 Å². The first-order chi connectivity index (χ1) is 34.2. The highest BCUT2D eigenvalue weighted by molar-refractivity contribution is 6.13. The van der Waals surface area contributed by atoms with Gasteiger partial charge in [0.15, 0.2) is 17.5 Å². The van der Waals surface area contributed by atoms with Crippen molar-refractivity contribution in [2.45, 2.75) is 0 Å². The number of benzene rings is 10. The molecule has 69 heavy (non-hydrogen) atoms. The summed E-state index contributed by atoms with van der Waals surface area (Å²) in [5.41, 5.74) is 15.1. The largest absolute Gasteiger partial charge is 0.309 e. The molecule has 0 bridgehead atoms. The van der Waals surface area contributed by atoms with Crippen molar-refractivity contribution < 1.29 is 0 Å². The third-order valence-electron chi connectivity index (χ3n) is 13.7. The molecule has 0 radical (unpaired) electrons. The van der Waals surface area contributed by atoms with Crippen LogP contribution >= 0.6 is 0 Å². The summed E-state index contributed by atoms with van der Waals surface area (Å²) < 4.78 is 7.34. The fourth-order valence-corrected chi connectivity index (χ4v) is 10.6. The number of nitrogens with zero attached hydrogens (tertiary/aromatic N) is 6. The van der Waals surface area contributed by atoms with Crippen LogP contribution in [0.1, 0.15) is 0 Å². The van der Waals surface area contributed by atoms with Gasteiger partial charge in [0.2, 0.25) is 0 Å². The summed E-state index contributed by atoms with van der Waals surface area (Å²) in [6, 6.07) is 86.6. The van der Waals surface area contributed by atoms with Crippen LogP contribution in [0.2, 0.25) is 0 Å². The van der Waals surface area contributed by atoms with Crippen molar-refractivity contribution in [2.75, 3.05) is 0 Å². The van der Waals surface area contributed by atoms with Crippen LogP contribution in [0.4, 0.5) is 0 Å². The Morgan fingerprint density at radius 2 is 0.594 bits per heavy atom. The number of fused-ring (bicyclic) bond motifs is 9. The molecule has 0 amide bonds. The van der Waals surface area contributed by atoms with Crippen molar-refractivity contribution in [1.29, 1.82) is 0 Å². The molecule has 4 aromatic heterocycles. The van der Waals surface area contributed by atoms with E-state index in [-0.39, 0.29) is 0 Å². The molecule has 322 valence electrons. The van der Waals surface area contributed by atoms with Gasteiger partial charge in [0.25, 0.3) is 0 Å². The summed E-state index contributed by atoms with van der Waals surface area (Å²) in [5.74, 6) is 1.88. The molecular formula is C63H40N6.